The van der Waals surface area contributed by atoms with Gasteiger partial charge in [-0.1, -0.05) is 26.7 Å². The third-order valence-corrected chi connectivity index (χ3v) is 3.52. The Balaban J connectivity index is 2.45. The van der Waals surface area contributed by atoms with Crippen LogP contribution in [0, 0.1) is 5.92 Å². The number of ether oxygens (including phenoxy) is 1. The molecule has 0 aliphatic carbocycles. The summed E-state index contributed by atoms with van der Waals surface area (Å²) in [6.07, 6.45) is 2.87. The van der Waals surface area contributed by atoms with Crippen molar-refractivity contribution in [1.29, 1.82) is 0 Å². The average molecular weight is 215 g/mol. The molecule has 0 aromatic carbocycles. The quantitative estimate of drug-likeness (QED) is 0.731. The third-order valence-electron chi connectivity index (χ3n) is 3.52. The topological polar surface area (TPSA) is 41.5 Å². The largest absolute Gasteiger partial charge is 0.390 e. The molecule has 0 bridgehead atoms. The summed E-state index contributed by atoms with van der Waals surface area (Å²) in [7, 11) is 0. The summed E-state index contributed by atoms with van der Waals surface area (Å²) in [5, 5.41) is 13.8. The minimum Gasteiger partial charge on any atom is -0.390 e. The van der Waals surface area contributed by atoms with Gasteiger partial charge in [0.15, 0.2) is 0 Å². The lowest BCUT2D eigenvalue weighted by molar-refractivity contribution is -0.0370. The average Bonchev–Trinajstić information content (AvgIpc) is 2.19. The van der Waals surface area contributed by atoms with E-state index in [9.17, 15) is 5.11 Å². The van der Waals surface area contributed by atoms with E-state index in [1.165, 1.54) is 0 Å². The van der Waals surface area contributed by atoms with E-state index in [2.05, 4.69) is 19.2 Å². The van der Waals surface area contributed by atoms with E-state index < -0.39 is 5.60 Å². The molecule has 3 heteroatoms. The predicted octanol–water partition coefficient (Wildman–Crippen LogP) is 1.55. The van der Waals surface area contributed by atoms with Gasteiger partial charge in [-0.25, -0.2) is 0 Å². The SMILES string of the molecule is CCC(CC)C(C)(O)CC1COCCN1. The molecule has 0 amide bonds. The van der Waals surface area contributed by atoms with Gasteiger partial charge in [0.05, 0.1) is 18.8 Å². The van der Waals surface area contributed by atoms with Crippen LogP contribution in [0.3, 0.4) is 0 Å². The first-order chi connectivity index (χ1) is 7.10. The number of aliphatic hydroxyl groups is 1. The van der Waals surface area contributed by atoms with Crippen LogP contribution in [0.4, 0.5) is 0 Å². The van der Waals surface area contributed by atoms with E-state index in [-0.39, 0.29) is 0 Å². The number of hydrogen-bond acceptors (Lipinski definition) is 3. The number of rotatable bonds is 5. The molecule has 2 atom stereocenters. The molecule has 0 aromatic heterocycles. The van der Waals surface area contributed by atoms with Gasteiger partial charge in [0.2, 0.25) is 0 Å². The molecule has 0 radical (unpaired) electrons. The molecule has 0 spiro atoms. The van der Waals surface area contributed by atoms with E-state index in [1.54, 1.807) is 0 Å². The van der Waals surface area contributed by atoms with Crippen molar-refractivity contribution in [2.24, 2.45) is 5.92 Å². The van der Waals surface area contributed by atoms with E-state index in [4.69, 9.17) is 4.74 Å². The second-order valence-electron chi connectivity index (χ2n) is 4.80. The summed E-state index contributed by atoms with van der Waals surface area (Å²) in [5.74, 6) is 0.390. The molecule has 1 heterocycles. The smallest absolute Gasteiger partial charge is 0.0663 e. The Morgan fingerprint density at radius 2 is 2.13 bits per heavy atom. The normalized spacial score (nSPS) is 26.6. The Labute approximate surface area is 93.2 Å². The zero-order valence-electron chi connectivity index (χ0n) is 10.3. The highest BCUT2D eigenvalue weighted by atomic mass is 16.5. The summed E-state index contributed by atoms with van der Waals surface area (Å²) in [4.78, 5) is 0. The van der Waals surface area contributed by atoms with Gasteiger partial charge >= 0.3 is 0 Å². The lowest BCUT2D eigenvalue weighted by atomic mass is 9.80. The van der Waals surface area contributed by atoms with Gasteiger partial charge in [-0.3, -0.25) is 0 Å². The van der Waals surface area contributed by atoms with Gasteiger partial charge in [-0.15, -0.1) is 0 Å². The Morgan fingerprint density at radius 1 is 1.47 bits per heavy atom. The van der Waals surface area contributed by atoms with Crippen molar-refractivity contribution in [2.45, 2.75) is 51.7 Å². The first-order valence-electron chi connectivity index (χ1n) is 6.13. The fourth-order valence-corrected chi connectivity index (χ4v) is 2.58. The van der Waals surface area contributed by atoms with Gasteiger partial charge in [0.25, 0.3) is 0 Å². The summed E-state index contributed by atoms with van der Waals surface area (Å²) in [6.45, 7) is 8.69. The Kier molecular flexibility index (Phi) is 5.03. The maximum Gasteiger partial charge on any atom is 0.0663 e. The molecule has 0 aromatic rings. The minimum absolute atomic E-state index is 0.314. The molecule has 1 fully saturated rings. The third kappa shape index (κ3) is 3.74. The molecule has 1 aliphatic heterocycles. The lowest BCUT2D eigenvalue weighted by Crippen LogP contribution is -2.48. The maximum absolute atomic E-state index is 10.4. The van der Waals surface area contributed by atoms with Crippen molar-refractivity contribution in [3.05, 3.63) is 0 Å². The molecule has 0 saturated carbocycles. The molecule has 2 unspecified atom stereocenters. The van der Waals surface area contributed by atoms with Crippen LogP contribution in [-0.2, 0) is 4.74 Å². The molecule has 1 saturated heterocycles. The summed E-state index contributed by atoms with van der Waals surface area (Å²) >= 11 is 0. The van der Waals surface area contributed by atoms with Gasteiger partial charge in [0, 0.05) is 12.6 Å². The van der Waals surface area contributed by atoms with Gasteiger partial charge in [-0.2, -0.15) is 0 Å². The molecule has 3 nitrogen and oxygen atoms in total. The number of hydrogen-bond donors (Lipinski definition) is 2. The van der Waals surface area contributed by atoms with E-state index in [1.807, 2.05) is 6.92 Å². The van der Waals surface area contributed by atoms with Crippen molar-refractivity contribution < 1.29 is 9.84 Å². The first kappa shape index (κ1) is 12.9. The van der Waals surface area contributed by atoms with Crippen molar-refractivity contribution in [2.75, 3.05) is 19.8 Å². The maximum atomic E-state index is 10.4. The highest BCUT2D eigenvalue weighted by Gasteiger charge is 2.32. The van der Waals surface area contributed by atoms with Gasteiger partial charge in [0.1, 0.15) is 0 Å². The number of nitrogens with one attached hydrogen (secondary N) is 1. The van der Waals surface area contributed by atoms with Crippen molar-refractivity contribution in [3.63, 3.8) is 0 Å². The van der Waals surface area contributed by atoms with Crippen LogP contribution in [0.2, 0.25) is 0 Å². The highest BCUT2D eigenvalue weighted by molar-refractivity contribution is 4.86. The van der Waals surface area contributed by atoms with Crippen molar-refractivity contribution in [3.8, 4) is 0 Å². The van der Waals surface area contributed by atoms with Crippen LogP contribution >= 0.6 is 0 Å². The van der Waals surface area contributed by atoms with Crippen LogP contribution in [0.5, 0.6) is 0 Å². The van der Waals surface area contributed by atoms with E-state index in [0.717, 1.165) is 39.0 Å². The van der Waals surface area contributed by atoms with Crippen molar-refractivity contribution in [1.82, 2.24) is 5.32 Å². The molecule has 1 rings (SSSR count). The van der Waals surface area contributed by atoms with Crippen molar-refractivity contribution >= 4 is 0 Å². The van der Waals surface area contributed by atoms with Crippen LogP contribution in [-0.4, -0.2) is 36.5 Å². The Hall–Kier alpha value is -0.120. The monoisotopic (exact) mass is 215 g/mol. The van der Waals surface area contributed by atoms with E-state index in [0.29, 0.717) is 12.0 Å². The van der Waals surface area contributed by atoms with E-state index >= 15 is 0 Å². The molecule has 2 N–H and O–H groups in total. The van der Waals surface area contributed by atoms with Gasteiger partial charge < -0.3 is 15.2 Å². The van der Waals surface area contributed by atoms with Crippen LogP contribution in [0.15, 0.2) is 0 Å². The standard InChI is InChI=1S/C12H25NO2/c1-4-10(5-2)12(3,14)8-11-9-15-7-6-13-11/h10-11,13-14H,4-9H2,1-3H3. The molecular formula is C12H25NO2. The second-order valence-corrected chi connectivity index (χ2v) is 4.80. The summed E-state index contributed by atoms with van der Waals surface area (Å²) < 4.78 is 5.40. The molecular weight excluding hydrogens is 190 g/mol. The number of morpholine rings is 1. The predicted molar refractivity (Wildman–Crippen MR) is 61.9 cm³/mol. The second kappa shape index (κ2) is 5.83. The fraction of sp³-hybridized carbons (Fsp3) is 1.00. The van der Waals surface area contributed by atoms with Crippen LogP contribution in [0.1, 0.15) is 40.0 Å². The Bertz CT molecular complexity index is 172. The van der Waals surface area contributed by atoms with Gasteiger partial charge in [-0.05, 0) is 19.3 Å². The van der Waals surface area contributed by atoms with Crippen LogP contribution < -0.4 is 5.32 Å². The van der Waals surface area contributed by atoms with Crippen LogP contribution in [0.25, 0.3) is 0 Å². The Morgan fingerprint density at radius 3 is 2.60 bits per heavy atom. The fourth-order valence-electron chi connectivity index (χ4n) is 2.58. The zero-order valence-corrected chi connectivity index (χ0v) is 10.3. The lowest BCUT2D eigenvalue weighted by Gasteiger charge is -2.36. The summed E-state index contributed by atoms with van der Waals surface area (Å²) in [5.41, 5.74) is -0.568. The highest BCUT2D eigenvalue weighted by Crippen LogP contribution is 2.28. The molecule has 90 valence electrons. The summed E-state index contributed by atoms with van der Waals surface area (Å²) in [6, 6.07) is 0.314. The zero-order chi connectivity index (χ0) is 11.3. The molecule has 1 aliphatic rings. The minimum atomic E-state index is -0.568. The molecule has 15 heavy (non-hydrogen) atoms. The first-order valence-corrected chi connectivity index (χ1v) is 6.13.